The van der Waals surface area contributed by atoms with Crippen molar-refractivity contribution in [3.8, 4) is 0 Å². The number of hydrogen-bond acceptors (Lipinski definition) is 2. The van der Waals surface area contributed by atoms with Crippen LogP contribution in [-0.4, -0.2) is 21.8 Å². The summed E-state index contributed by atoms with van der Waals surface area (Å²) >= 11 is 0. The molecule has 6 atom stereocenters. The zero-order chi connectivity index (χ0) is 26.3. The van der Waals surface area contributed by atoms with Gasteiger partial charge in [0.25, 0.3) is 0 Å². The van der Waals surface area contributed by atoms with Gasteiger partial charge in [-0.15, -0.1) is 0 Å². The van der Waals surface area contributed by atoms with Crippen LogP contribution < -0.4 is 0 Å². The minimum absolute atomic E-state index is 0.0305. The summed E-state index contributed by atoms with van der Waals surface area (Å²) in [6, 6.07) is 0. The monoisotopic (exact) mass is 522 g/mol. The molecular weight excluding hydrogens is 468 g/mol. The van der Waals surface area contributed by atoms with E-state index in [2.05, 4.69) is 26.0 Å². The minimum Gasteiger partial charge on any atom is -0.481 e. The summed E-state index contributed by atoms with van der Waals surface area (Å²) in [5.74, 6) is 3.45. The molecule has 0 heterocycles. The van der Waals surface area contributed by atoms with Gasteiger partial charge in [0.1, 0.15) is 0 Å². The van der Waals surface area contributed by atoms with E-state index in [-0.39, 0.29) is 28.1 Å². The van der Waals surface area contributed by atoms with Gasteiger partial charge in [0, 0.05) is 0 Å². The molecular formula is C35H54O3. The van der Waals surface area contributed by atoms with Crippen LogP contribution in [0, 0.1) is 63.6 Å². The largest absolute Gasteiger partial charge is 0.481 e. The minimum atomic E-state index is -0.561. The molecule has 0 saturated heterocycles. The Balaban J connectivity index is 1.45. The van der Waals surface area contributed by atoms with E-state index in [1.165, 1.54) is 83.5 Å². The molecule has 0 aromatic heterocycles. The van der Waals surface area contributed by atoms with Crippen molar-refractivity contribution in [2.24, 2.45) is 63.6 Å². The Bertz CT molecular complexity index is 920. The fraction of sp³-hybridized carbons (Fsp3) is 0.914. The highest BCUT2D eigenvalue weighted by atomic mass is 16.4. The zero-order valence-electron chi connectivity index (χ0n) is 24.3. The van der Waals surface area contributed by atoms with E-state index < -0.39 is 11.6 Å². The molecule has 6 bridgehead atoms. The molecule has 0 spiro atoms. The van der Waals surface area contributed by atoms with Gasteiger partial charge in [0.05, 0.1) is 11.5 Å². The Morgan fingerprint density at radius 2 is 1.42 bits per heavy atom. The van der Waals surface area contributed by atoms with Gasteiger partial charge in [-0.1, -0.05) is 64.5 Å². The lowest BCUT2D eigenvalue weighted by molar-refractivity contribution is -0.270. The second kappa shape index (κ2) is 9.09. The van der Waals surface area contributed by atoms with E-state index in [9.17, 15) is 15.0 Å². The van der Waals surface area contributed by atoms with Gasteiger partial charge in [-0.3, -0.25) is 4.79 Å². The van der Waals surface area contributed by atoms with Gasteiger partial charge >= 0.3 is 5.97 Å². The number of carboxylic acids is 1. The molecule has 7 fully saturated rings. The first-order valence-electron chi connectivity index (χ1n) is 16.8. The lowest BCUT2D eigenvalue weighted by Gasteiger charge is -2.74. The topological polar surface area (TPSA) is 57.5 Å². The van der Waals surface area contributed by atoms with E-state index >= 15 is 0 Å². The highest BCUT2D eigenvalue weighted by molar-refractivity contribution is 5.72. The zero-order valence-corrected chi connectivity index (χ0v) is 24.3. The van der Waals surface area contributed by atoms with Crippen LogP contribution in [-0.2, 0) is 4.79 Å². The molecule has 6 unspecified atom stereocenters. The van der Waals surface area contributed by atoms with Crippen molar-refractivity contribution >= 4 is 5.97 Å². The Labute approximate surface area is 231 Å². The van der Waals surface area contributed by atoms with Crippen molar-refractivity contribution < 1.29 is 15.0 Å². The maximum absolute atomic E-state index is 12.5. The van der Waals surface area contributed by atoms with Gasteiger partial charge in [0.15, 0.2) is 0 Å². The number of fused-ring (bicyclic) bond motifs is 2. The highest BCUT2D eigenvalue weighted by Crippen LogP contribution is 2.78. The normalized spacial score (nSPS) is 45.8. The van der Waals surface area contributed by atoms with Gasteiger partial charge in [-0.2, -0.15) is 0 Å². The fourth-order valence-electron chi connectivity index (χ4n) is 14.1. The summed E-state index contributed by atoms with van der Waals surface area (Å²) in [6.07, 6.45) is 27.9. The molecule has 0 aromatic rings. The predicted octanol–water partition coefficient (Wildman–Crippen LogP) is 8.40. The third-order valence-electron chi connectivity index (χ3n) is 14.0. The van der Waals surface area contributed by atoms with Crippen molar-refractivity contribution in [1.29, 1.82) is 0 Å². The van der Waals surface area contributed by atoms with Crippen LogP contribution in [0.15, 0.2) is 12.2 Å². The van der Waals surface area contributed by atoms with Gasteiger partial charge in [0.2, 0.25) is 0 Å². The first-order chi connectivity index (χ1) is 18.2. The van der Waals surface area contributed by atoms with Crippen LogP contribution in [0.5, 0.6) is 0 Å². The van der Waals surface area contributed by atoms with Crippen molar-refractivity contribution in [2.75, 3.05) is 0 Å². The Kier molecular flexibility index (Phi) is 6.24. The molecule has 8 aliphatic rings. The lowest BCUT2D eigenvalue weighted by Crippen LogP contribution is -2.68. The number of carboxylic acid groups (broad SMARTS) is 1. The number of aliphatic hydroxyl groups is 1. The Morgan fingerprint density at radius 1 is 0.842 bits per heavy atom. The van der Waals surface area contributed by atoms with Gasteiger partial charge in [-0.05, 0) is 135 Å². The Morgan fingerprint density at radius 3 is 1.89 bits per heavy atom. The maximum atomic E-state index is 12.5. The molecule has 0 amide bonds. The first kappa shape index (κ1) is 26.1. The highest BCUT2D eigenvalue weighted by Gasteiger charge is 2.72. The summed E-state index contributed by atoms with van der Waals surface area (Å²) in [4.78, 5) is 12.5. The van der Waals surface area contributed by atoms with E-state index in [1.807, 2.05) is 0 Å². The molecule has 0 aromatic carbocycles. The average Bonchev–Trinajstić information content (AvgIpc) is 3.46. The van der Waals surface area contributed by atoms with E-state index in [1.54, 1.807) is 0 Å². The van der Waals surface area contributed by atoms with Crippen molar-refractivity contribution in [3.63, 3.8) is 0 Å². The lowest BCUT2D eigenvalue weighted by atomic mass is 9.31. The molecule has 8 aliphatic carbocycles. The quantitative estimate of drug-likeness (QED) is 0.330. The Hall–Kier alpha value is -0.830. The summed E-state index contributed by atoms with van der Waals surface area (Å²) in [7, 11) is 0. The standard InChI is InChI=1S/C35H54O3/c1-23(2)30(32-14-13-26(20-32)29(21-32)31(36)37)35(27-9-5-3-6-10-27,28-11-7-4-8-12-28)33-16-24-15-25(17-33)19-34(38,18-24)22-33/h13-14,23-30,38H,3-12,15-22H2,1-2H3,(H,36,37). The second-order valence-electron chi connectivity index (χ2n) is 16.4. The van der Waals surface area contributed by atoms with Crippen LogP contribution in [0.2, 0.25) is 0 Å². The number of hydrogen-bond donors (Lipinski definition) is 2. The van der Waals surface area contributed by atoms with Gasteiger partial charge in [-0.25, -0.2) is 0 Å². The summed E-state index contributed by atoms with van der Waals surface area (Å²) in [6.45, 7) is 5.04. The molecule has 0 radical (unpaired) electrons. The molecule has 0 aliphatic heterocycles. The first-order valence-corrected chi connectivity index (χ1v) is 16.8. The van der Waals surface area contributed by atoms with Gasteiger partial charge < -0.3 is 10.2 Å². The SMILES string of the molecule is CC(C)C(C12C=CC(C1)C(C(=O)O)C2)C(C1CCCCC1)(C1CCCCC1)C12CC3CC(CC(O)(C3)C1)C2. The maximum Gasteiger partial charge on any atom is 0.307 e. The second-order valence-corrected chi connectivity index (χ2v) is 16.4. The smallest absolute Gasteiger partial charge is 0.307 e. The molecule has 2 N–H and O–H groups in total. The summed E-state index contributed by atoms with van der Waals surface area (Å²) in [5, 5.41) is 22.4. The van der Waals surface area contributed by atoms with Crippen LogP contribution in [0.1, 0.15) is 129 Å². The molecule has 3 nitrogen and oxygen atoms in total. The number of rotatable bonds is 7. The van der Waals surface area contributed by atoms with Crippen molar-refractivity contribution in [1.82, 2.24) is 0 Å². The number of aliphatic carboxylic acids is 1. The molecule has 3 heteroatoms. The third-order valence-corrected chi connectivity index (χ3v) is 14.0. The molecule has 7 saturated carbocycles. The van der Waals surface area contributed by atoms with Crippen LogP contribution in [0.4, 0.5) is 0 Å². The predicted molar refractivity (Wildman–Crippen MR) is 151 cm³/mol. The fourth-order valence-corrected chi connectivity index (χ4v) is 14.1. The van der Waals surface area contributed by atoms with Crippen LogP contribution >= 0.6 is 0 Å². The molecule has 8 rings (SSSR count). The third kappa shape index (κ3) is 3.64. The number of allylic oxidation sites excluding steroid dienone is 2. The van der Waals surface area contributed by atoms with Crippen molar-refractivity contribution in [2.45, 2.75) is 135 Å². The summed E-state index contributed by atoms with van der Waals surface area (Å²) < 4.78 is 0. The van der Waals surface area contributed by atoms with Crippen LogP contribution in [0.3, 0.4) is 0 Å². The van der Waals surface area contributed by atoms with Crippen LogP contribution in [0.25, 0.3) is 0 Å². The summed E-state index contributed by atoms with van der Waals surface area (Å²) in [5.41, 5.74) is 0.0705. The molecule has 38 heavy (non-hydrogen) atoms. The van der Waals surface area contributed by atoms with Crippen molar-refractivity contribution in [3.05, 3.63) is 12.2 Å². The van der Waals surface area contributed by atoms with E-state index in [4.69, 9.17) is 0 Å². The van der Waals surface area contributed by atoms with E-state index in [0.29, 0.717) is 23.7 Å². The average molecular weight is 523 g/mol. The number of carbonyl (C=O) groups is 1. The molecule has 212 valence electrons. The van der Waals surface area contributed by atoms with E-state index in [0.717, 1.165) is 43.9 Å².